The van der Waals surface area contributed by atoms with Gasteiger partial charge < -0.3 is 10.1 Å². The molecular formula is C17H25NO2. The van der Waals surface area contributed by atoms with Gasteiger partial charge in [-0.25, -0.2) is 0 Å². The van der Waals surface area contributed by atoms with E-state index < -0.39 is 6.10 Å². The van der Waals surface area contributed by atoms with Crippen LogP contribution in [0.3, 0.4) is 0 Å². The second-order valence-corrected chi connectivity index (χ2v) is 6.64. The van der Waals surface area contributed by atoms with Crippen molar-refractivity contribution in [2.24, 2.45) is 0 Å². The highest BCUT2D eigenvalue weighted by atomic mass is 16.5. The molecule has 1 aromatic carbocycles. The lowest BCUT2D eigenvalue weighted by Crippen LogP contribution is -2.46. The molecule has 3 nitrogen and oxygen atoms in total. The molecule has 0 saturated carbocycles. The van der Waals surface area contributed by atoms with Crippen molar-refractivity contribution in [1.82, 2.24) is 5.32 Å². The number of aryl methyl sites for hydroxylation is 2. The lowest BCUT2D eigenvalue weighted by Gasteiger charge is -2.24. The van der Waals surface area contributed by atoms with E-state index in [1.807, 2.05) is 26.8 Å². The summed E-state index contributed by atoms with van der Waals surface area (Å²) in [6.45, 7) is 7.70. The summed E-state index contributed by atoms with van der Waals surface area (Å²) in [6.07, 6.45) is 4.33. The van der Waals surface area contributed by atoms with Gasteiger partial charge in [0.1, 0.15) is 5.75 Å². The van der Waals surface area contributed by atoms with Gasteiger partial charge in [0.15, 0.2) is 6.10 Å². The van der Waals surface area contributed by atoms with Crippen molar-refractivity contribution in [1.29, 1.82) is 0 Å². The normalized spacial score (nSPS) is 16.2. The van der Waals surface area contributed by atoms with Gasteiger partial charge >= 0.3 is 0 Å². The molecule has 1 amide bonds. The lowest BCUT2D eigenvalue weighted by molar-refractivity contribution is -0.128. The first kappa shape index (κ1) is 14.9. The molecule has 20 heavy (non-hydrogen) atoms. The van der Waals surface area contributed by atoms with Gasteiger partial charge in [-0.15, -0.1) is 0 Å². The molecule has 0 aromatic heterocycles. The number of rotatable bonds is 3. The van der Waals surface area contributed by atoms with Crippen molar-refractivity contribution >= 4 is 5.91 Å². The number of carbonyl (C=O) groups is 1. The van der Waals surface area contributed by atoms with Crippen LogP contribution in [0.2, 0.25) is 0 Å². The van der Waals surface area contributed by atoms with Crippen LogP contribution in [0, 0.1) is 0 Å². The molecule has 2 rings (SSSR count). The van der Waals surface area contributed by atoms with Crippen LogP contribution in [0.1, 0.15) is 51.7 Å². The molecule has 1 N–H and O–H groups in total. The zero-order valence-electron chi connectivity index (χ0n) is 13.0. The Hall–Kier alpha value is -1.51. The largest absolute Gasteiger partial charge is 0.481 e. The van der Waals surface area contributed by atoms with Gasteiger partial charge in [0.05, 0.1) is 0 Å². The molecule has 0 aliphatic heterocycles. The quantitative estimate of drug-likeness (QED) is 0.919. The topological polar surface area (TPSA) is 38.3 Å². The van der Waals surface area contributed by atoms with Gasteiger partial charge in [0.25, 0.3) is 5.91 Å². The van der Waals surface area contributed by atoms with E-state index in [1.54, 1.807) is 6.92 Å². The minimum absolute atomic E-state index is 0.0739. The Morgan fingerprint density at radius 3 is 2.50 bits per heavy atom. The minimum atomic E-state index is -0.476. The van der Waals surface area contributed by atoms with Crippen molar-refractivity contribution < 1.29 is 9.53 Å². The molecule has 0 spiro atoms. The molecular weight excluding hydrogens is 250 g/mol. The Morgan fingerprint density at radius 2 is 1.85 bits per heavy atom. The van der Waals surface area contributed by atoms with Crippen LogP contribution >= 0.6 is 0 Å². The summed E-state index contributed by atoms with van der Waals surface area (Å²) in [4.78, 5) is 12.0. The van der Waals surface area contributed by atoms with Gasteiger partial charge in [-0.05, 0) is 76.6 Å². The number of hydrogen-bond donors (Lipinski definition) is 1. The Bertz CT molecular complexity index is 488. The van der Waals surface area contributed by atoms with E-state index in [2.05, 4.69) is 17.4 Å². The van der Waals surface area contributed by atoms with Crippen LogP contribution in [0.4, 0.5) is 0 Å². The molecule has 1 aromatic rings. The van der Waals surface area contributed by atoms with E-state index in [0.29, 0.717) is 0 Å². The van der Waals surface area contributed by atoms with E-state index >= 15 is 0 Å². The van der Waals surface area contributed by atoms with Gasteiger partial charge in [-0.1, -0.05) is 6.07 Å². The number of fused-ring (bicyclic) bond motifs is 1. The average Bonchev–Trinajstić information content (AvgIpc) is 2.36. The molecule has 1 aliphatic carbocycles. The first-order chi connectivity index (χ1) is 9.35. The third-order valence-electron chi connectivity index (χ3n) is 3.50. The summed E-state index contributed by atoms with van der Waals surface area (Å²) < 4.78 is 5.78. The summed E-state index contributed by atoms with van der Waals surface area (Å²) in [5.41, 5.74) is 2.57. The monoisotopic (exact) mass is 275 g/mol. The Balaban J connectivity index is 2.01. The van der Waals surface area contributed by atoms with Gasteiger partial charge in [-0.2, -0.15) is 0 Å². The van der Waals surface area contributed by atoms with Crippen LogP contribution in [0.25, 0.3) is 0 Å². The predicted molar refractivity (Wildman–Crippen MR) is 81.1 cm³/mol. The molecule has 3 heteroatoms. The van der Waals surface area contributed by atoms with Crippen molar-refractivity contribution in [3.8, 4) is 5.75 Å². The molecule has 110 valence electrons. The van der Waals surface area contributed by atoms with Crippen LogP contribution < -0.4 is 10.1 Å². The summed E-state index contributed by atoms with van der Waals surface area (Å²) in [6, 6.07) is 6.21. The molecule has 1 atom stereocenters. The fourth-order valence-electron chi connectivity index (χ4n) is 2.51. The highest BCUT2D eigenvalue weighted by molar-refractivity contribution is 5.81. The first-order valence-electron chi connectivity index (χ1n) is 7.46. The summed E-state index contributed by atoms with van der Waals surface area (Å²) in [5, 5.41) is 2.94. The smallest absolute Gasteiger partial charge is 0.261 e. The number of ether oxygens (including phenoxy) is 1. The number of amides is 1. The predicted octanol–water partition coefficient (Wildman–Crippen LogP) is 3.25. The zero-order valence-corrected chi connectivity index (χ0v) is 13.0. The SMILES string of the molecule is C[C@@H](Oc1ccc2c(c1)CCCC2)C(=O)NC(C)(C)C. The van der Waals surface area contributed by atoms with Crippen molar-refractivity contribution in [2.45, 2.75) is 65.0 Å². The molecule has 1 aliphatic rings. The molecule has 0 fully saturated rings. The number of benzene rings is 1. The van der Waals surface area contributed by atoms with Gasteiger partial charge in [0, 0.05) is 5.54 Å². The van der Waals surface area contributed by atoms with Crippen molar-refractivity contribution in [2.75, 3.05) is 0 Å². The maximum Gasteiger partial charge on any atom is 0.261 e. The molecule has 0 heterocycles. The van der Waals surface area contributed by atoms with Crippen LogP contribution in [-0.4, -0.2) is 17.6 Å². The fourth-order valence-corrected chi connectivity index (χ4v) is 2.51. The lowest BCUT2D eigenvalue weighted by atomic mass is 9.92. The number of hydrogen-bond acceptors (Lipinski definition) is 2. The molecule has 0 bridgehead atoms. The molecule has 0 saturated heterocycles. The van der Waals surface area contributed by atoms with Crippen LogP contribution in [-0.2, 0) is 17.6 Å². The van der Waals surface area contributed by atoms with E-state index in [1.165, 1.54) is 24.0 Å². The zero-order chi connectivity index (χ0) is 14.8. The van der Waals surface area contributed by atoms with Crippen LogP contribution in [0.15, 0.2) is 18.2 Å². The number of carbonyl (C=O) groups excluding carboxylic acids is 1. The second kappa shape index (κ2) is 5.86. The maximum atomic E-state index is 12.0. The highest BCUT2D eigenvalue weighted by Gasteiger charge is 2.21. The third kappa shape index (κ3) is 3.99. The number of nitrogens with one attached hydrogen (secondary N) is 1. The van der Waals surface area contributed by atoms with Crippen molar-refractivity contribution in [3.05, 3.63) is 29.3 Å². The minimum Gasteiger partial charge on any atom is -0.481 e. The third-order valence-corrected chi connectivity index (χ3v) is 3.50. The Labute approximate surface area is 121 Å². The van der Waals surface area contributed by atoms with Gasteiger partial charge in [0.2, 0.25) is 0 Å². The first-order valence-corrected chi connectivity index (χ1v) is 7.46. The van der Waals surface area contributed by atoms with Crippen LogP contribution in [0.5, 0.6) is 5.75 Å². The van der Waals surface area contributed by atoms with E-state index in [4.69, 9.17) is 4.74 Å². The Kier molecular flexibility index (Phi) is 4.36. The maximum absolute atomic E-state index is 12.0. The average molecular weight is 275 g/mol. The van der Waals surface area contributed by atoms with E-state index in [-0.39, 0.29) is 11.4 Å². The Morgan fingerprint density at radius 1 is 1.20 bits per heavy atom. The van der Waals surface area contributed by atoms with Gasteiger partial charge in [-0.3, -0.25) is 4.79 Å². The second-order valence-electron chi connectivity index (χ2n) is 6.64. The summed E-state index contributed by atoms with van der Waals surface area (Å²) in [7, 11) is 0. The summed E-state index contributed by atoms with van der Waals surface area (Å²) >= 11 is 0. The fraction of sp³-hybridized carbons (Fsp3) is 0.588. The summed E-state index contributed by atoms with van der Waals surface area (Å²) in [5.74, 6) is 0.720. The highest BCUT2D eigenvalue weighted by Crippen LogP contribution is 2.25. The van der Waals surface area contributed by atoms with E-state index in [0.717, 1.165) is 18.6 Å². The van der Waals surface area contributed by atoms with Crippen molar-refractivity contribution in [3.63, 3.8) is 0 Å². The molecule has 0 unspecified atom stereocenters. The standard InChI is InChI=1S/C17H25NO2/c1-12(16(19)18-17(2,3)4)20-15-10-9-13-7-5-6-8-14(13)11-15/h9-12H,5-8H2,1-4H3,(H,18,19)/t12-/m1/s1. The van der Waals surface area contributed by atoms with E-state index in [9.17, 15) is 4.79 Å². The molecule has 0 radical (unpaired) electrons.